The lowest BCUT2D eigenvalue weighted by atomic mass is 10.2. The summed E-state index contributed by atoms with van der Waals surface area (Å²) in [6, 6.07) is 6.95. The summed E-state index contributed by atoms with van der Waals surface area (Å²) in [7, 11) is 1.55. The Hall–Kier alpha value is -0.750. The van der Waals surface area contributed by atoms with Crippen molar-refractivity contribution in [3.05, 3.63) is 29.8 Å². The summed E-state index contributed by atoms with van der Waals surface area (Å²) in [5.41, 5.74) is 0.799. The second kappa shape index (κ2) is 6.26. The van der Waals surface area contributed by atoms with Crippen LogP contribution >= 0.6 is 15.9 Å². The number of hydrogen-bond donors (Lipinski definition) is 0. The zero-order valence-electron chi connectivity index (χ0n) is 9.13. The summed E-state index contributed by atoms with van der Waals surface area (Å²) in [5.74, 6) is 0.697. The molecule has 0 N–H and O–H groups in total. The molecule has 1 atom stereocenters. The van der Waals surface area contributed by atoms with E-state index in [1.54, 1.807) is 31.4 Å². The molecule has 0 spiro atoms. The average molecular weight is 313 g/mol. The molecule has 0 radical (unpaired) electrons. The van der Waals surface area contributed by atoms with E-state index in [-0.39, 0.29) is 6.61 Å². The number of hydrogen-bond acceptors (Lipinski definition) is 2. The molecule has 96 valence electrons. The van der Waals surface area contributed by atoms with Gasteiger partial charge in [-0.25, -0.2) is 0 Å². The lowest BCUT2D eigenvalue weighted by molar-refractivity contribution is -0.138. The molecular formula is C11H12BrF3O2. The normalized spacial score (nSPS) is 13.5. The minimum absolute atomic E-state index is 0.141. The highest BCUT2D eigenvalue weighted by atomic mass is 79.9. The quantitative estimate of drug-likeness (QED) is 0.774. The number of methoxy groups -OCH3 is 1. The molecule has 0 aliphatic heterocycles. The van der Waals surface area contributed by atoms with Gasteiger partial charge in [-0.05, 0) is 17.7 Å². The first-order valence-electron chi connectivity index (χ1n) is 4.85. The van der Waals surface area contributed by atoms with E-state index in [9.17, 15) is 13.2 Å². The fourth-order valence-electron chi connectivity index (χ4n) is 1.10. The van der Waals surface area contributed by atoms with Gasteiger partial charge in [-0.15, -0.1) is 0 Å². The zero-order chi connectivity index (χ0) is 12.9. The first-order valence-corrected chi connectivity index (χ1v) is 5.76. The summed E-state index contributed by atoms with van der Waals surface area (Å²) in [4.78, 5) is -1.63. The summed E-state index contributed by atoms with van der Waals surface area (Å²) in [6.07, 6.45) is -4.28. The van der Waals surface area contributed by atoms with Crippen molar-refractivity contribution in [3.8, 4) is 5.75 Å². The van der Waals surface area contributed by atoms with Crippen molar-refractivity contribution in [2.75, 3.05) is 13.7 Å². The Bertz CT molecular complexity index is 338. The van der Waals surface area contributed by atoms with Gasteiger partial charge in [0.15, 0.2) is 0 Å². The van der Waals surface area contributed by atoms with Crippen molar-refractivity contribution in [2.24, 2.45) is 0 Å². The maximum atomic E-state index is 12.1. The van der Waals surface area contributed by atoms with Crippen LogP contribution in [0.5, 0.6) is 5.75 Å². The second-order valence-electron chi connectivity index (χ2n) is 3.37. The van der Waals surface area contributed by atoms with Gasteiger partial charge in [0, 0.05) is 0 Å². The van der Waals surface area contributed by atoms with Gasteiger partial charge in [0.05, 0.1) is 20.3 Å². The molecule has 0 aliphatic carbocycles. The molecule has 0 saturated carbocycles. The summed E-state index contributed by atoms with van der Waals surface area (Å²) in [5, 5.41) is 0. The van der Waals surface area contributed by atoms with Crippen LogP contribution in [0.25, 0.3) is 0 Å². The van der Waals surface area contributed by atoms with Crippen LogP contribution in [0.15, 0.2) is 24.3 Å². The van der Waals surface area contributed by atoms with Crippen LogP contribution in [-0.2, 0) is 11.3 Å². The molecule has 17 heavy (non-hydrogen) atoms. The van der Waals surface area contributed by atoms with E-state index >= 15 is 0 Å². The molecule has 1 aromatic rings. The van der Waals surface area contributed by atoms with Crippen molar-refractivity contribution in [1.82, 2.24) is 0 Å². The lowest BCUT2D eigenvalue weighted by Gasteiger charge is -2.14. The van der Waals surface area contributed by atoms with E-state index in [1.807, 2.05) is 0 Å². The van der Waals surface area contributed by atoms with Crippen LogP contribution in [0.3, 0.4) is 0 Å². The highest BCUT2D eigenvalue weighted by Crippen LogP contribution is 2.26. The third-order valence-electron chi connectivity index (χ3n) is 2.05. The van der Waals surface area contributed by atoms with E-state index in [1.165, 1.54) is 0 Å². The molecule has 1 aromatic carbocycles. The van der Waals surface area contributed by atoms with Gasteiger partial charge < -0.3 is 9.47 Å². The van der Waals surface area contributed by atoms with Crippen molar-refractivity contribution in [3.63, 3.8) is 0 Å². The van der Waals surface area contributed by atoms with E-state index in [0.717, 1.165) is 5.56 Å². The smallest absolute Gasteiger partial charge is 0.403 e. The Morgan fingerprint density at radius 3 is 2.29 bits per heavy atom. The first-order chi connectivity index (χ1) is 7.93. The maximum Gasteiger partial charge on any atom is 0.403 e. The Balaban J connectivity index is 2.35. The van der Waals surface area contributed by atoms with E-state index in [2.05, 4.69) is 15.9 Å². The Kier molecular flexibility index (Phi) is 5.27. The molecule has 1 rings (SSSR count). The van der Waals surface area contributed by atoms with Crippen LogP contribution < -0.4 is 4.74 Å². The van der Waals surface area contributed by atoms with Gasteiger partial charge in [-0.1, -0.05) is 28.1 Å². The predicted molar refractivity (Wildman–Crippen MR) is 61.4 cm³/mol. The zero-order valence-corrected chi connectivity index (χ0v) is 10.7. The minimum atomic E-state index is -4.28. The molecule has 0 fully saturated rings. The number of halogens is 4. The van der Waals surface area contributed by atoms with Crippen molar-refractivity contribution in [1.29, 1.82) is 0 Å². The molecule has 1 unspecified atom stereocenters. The van der Waals surface area contributed by atoms with Gasteiger partial charge in [0.25, 0.3) is 0 Å². The SMILES string of the molecule is COc1ccc(COCC(Br)C(F)(F)F)cc1. The van der Waals surface area contributed by atoms with Crippen LogP contribution in [0.1, 0.15) is 5.56 Å². The van der Waals surface area contributed by atoms with Gasteiger partial charge >= 0.3 is 6.18 Å². The van der Waals surface area contributed by atoms with E-state index < -0.39 is 17.6 Å². The molecule has 0 bridgehead atoms. The van der Waals surface area contributed by atoms with Gasteiger partial charge in [-0.2, -0.15) is 13.2 Å². The number of benzene rings is 1. The summed E-state index contributed by atoms with van der Waals surface area (Å²) in [6.45, 7) is -0.266. The van der Waals surface area contributed by atoms with Crippen molar-refractivity contribution in [2.45, 2.75) is 17.6 Å². The number of rotatable bonds is 5. The fraction of sp³-hybridized carbons (Fsp3) is 0.455. The van der Waals surface area contributed by atoms with Gasteiger partial charge in [0.2, 0.25) is 0 Å². The molecule has 0 saturated heterocycles. The largest absolute Gasteiger partial charge is 0.497 e. The fourth-order valence-corrected chi connectivity index (χ4v) is 1.28. The highest BCUT2D eigenvalue weighted by molar-refractivity contribution is 9.09. The van der Waals surface area contributed by atoms with Gasteiger partial charge in [-0.3, -0.25) is 0 Å². The molecule has 0 aliphatic rings. The van der Waals surface area contributed by atoms with Crippen LogP contribution in [-0.4, -0.2) is 24.7 Å². The lowest BCUT2D eigenvalue weighted by Crippen LogP contribution is -2.27. The maximum absolute atomic E-state index is 12.1. The Morgan fingerprint density at radius 2 is 1.82 bits per heavy atom. The standard InChI is InChI=1S/C11H12BrF3O2/c1-16-9-4-2-8(3-5-9)6-17-7-10(12)11(13,14)15/h2-5,10H,6-7H2,1H3. The van der Waals surface area contributed by atoms with Gasteiger partial charge in [0.1, 0.15) is 10.6 Å². The molecular weight excluding hydrogens is 301 g/mol. The average Bonchev–Trinajstić information content (AvgIpc) is 2.28. The van der Waals surface area contributed by atoms with E-state index in [4.69, 9.17) is 9.47 Å². The monoisotopic (exact) mass is 312 g/mol. The van der Waals surface area contributed by atoms with Crippen molar-refractivity contribution >= 4 is 15.9 Å². The van der Waals surface area contributed by atoms with Crippen molar-refractivity contribution < 1.29 is 22.6 Å². The molecule has 0 aromatic heterocycles. The molecule has 0 amide bonds. The molecule has 6 heteroatoms. The second-order valence-corrected chi connectivity index (χ2v) is 4.48. The molecule has 0 heterocycles. The van der Waals surface area contributed by atoms with E-state index in [0.29, 0.717) is 5.75 Å². The molecule has 2 nitrogen and oxygen atoms in total. The van der Waals surface area contributed by atoms with Crippen LogP contribution in [0.2, 0.25) is 0 Å². The first kappa shape index (κ1) is 14.3. The summed E-state index contributed by atoms with van der Waals surface area (Å²) >= 11 is 2.52. The summed E-state index contributed by atoms with van der Waals surface area (Å²) < 4.78 is 46.3. The highest BCUT2D eigenvalue weighted by Gasteiger charge is 2.37. The number of alkyl halides is 4. The Morgan fingerprint density at radius 1 is 1.24 bits per heavy atom. The predicted octanol–water partition coefficient (Wildman–Crippen LogP) is 3.54. The topological polar surface area (TPSA) is 18.5 Å². The number of ether oxygens (including phenoxy) is 2. The Labute approximate surface area is 106 Å². The third kappa shape index (κ3) is 4.95. The van der Waals surface area contributed by atoms with Crippen LogP contribution in [0, 0.1) is 0 Å². The van der Waals surface area contributed by atoms with Crippen LogP contribution in [0.4, 0.5) is 13.2 Å². The third-order valence-corrected chi connectivity index (χ3v) is 2.83. The minimum Gasteiger partial charge on any atom is -0.497 e.